The molecule has 0 unspecified atom stereocenters. The van der Waals surface area contributed by atoms with E-state index in [4.69, 9.17) is 0 Å². The summed E-state index contributed by atoms with van der Waals surface area (Å²) in [6.07, 6.45) is 3.97. The molecule has 2 aromatic carbocycles. The minimum absolute atomic E-state index is 0.0690. The number of benzene rings is 2. The molecule has 1 aliphatic rings. The van der Waals surface area contributed by atoms with Crippen molar-refractivity contribution in [1.82, 2.24) is 13.6 Å². The van der Waals surface area contributed by atoms with Crippen molar-refractivity contribution in [3.05, 3.63) is 66.1 Å². The normalized spacial score (nSPS) is 15.8. The van der Waals surface area contributed by atoms with Crippen LogP contribution < -0.4 is 15.5 Å². The van der Waals surface area contributed by atoms with Crippen LogP contribution in [0.2, 0.25) is 0 Å². The molecule has 0 spiro atoms. The number of carbonyl (C=O) groups is 1. The molecule has 1 aliphatic heterocycles. The largest absolute Gasteiger partial charge is 0.515 e. The van der Waals surface area contributed by atoms with Crippen LogP contribution in [0, 0.1) is 0 Å². The lowest BCUT2D eigenvalue weighted by atomic mass is 10.1. The molecule has 0 saturated carbocycles. The lowest BCUT2D eigenvalue weighted by Gasteiger charge is -2.34. The van der Waals surface area contributed by atoms with Gasteiger partial charge < -0.3 is 25.5 Å². The van der Waals surface area contributed by atoms with Crippen molar-refractivity contribution in [3.63, 3.8) is 0 Å². The van der Waals surface area contributed by atoms with Gasteiger partial charge in [-0.1, -0.05) is 0 Å². The van der Waals surface area contributed by atoms with Crippen LogP contribution in [0.3, 0.4) is 0 Å². The van der Waals surface area contributed by atoms with E-state index in [1.807, 2.05) is 42.5 Å². The second-order valence-electron chi connectivity index (χ2n) is 7.91. The van der Waals surface area contributed by atoms with Gasteiger partial charge in [-0.25, -0.2) is 0 Å². The van der Waals surface area contributed by atoms with E-state index in [9.17, 15) is 9.90 Å². The summed E-state index contributed by atoms with van der Waals surface area (Å²) in [7, 11) is 3.76. The number of hydrogen-bond donors (Lipinski definition) is 3. The second-order valence-corrected chi connectivity index (χ2v) is 8.44. The molecule has 2 heterocycles. The zero-order chi connectivity index (χ0) is 23.9. The van der Waals surface area contributed by atoms with Gasteiger partial charge in [0, 0.05) is 56.5 Å². The number of hydrogen-bond acceptors (Lipinski definition) is 9. The van der Waals surface area contributed by atoms with E-state index < -0.39 is 5.91 Å². The van der Waals surface area contributed by atoms with Gasteiger partial charge in [-0.2, -0.15) is 8.75 Å². The molecule has 3 N–H and O–H groups in total. The zero-order valence-corrected chi connectivity index (χ0v) is 19.9. The fourth-order valence-electron chi connectivity index (χ4n) is 3.63. The van der Waals surface area contributed by atoms with Gasteiger partial charge in [0.25, 0.3) is 5.91 Å². The summed E-state index contributed by atoms with van der Waals surface area (Å²) in [6, 6.07) is 13.3. The third-order valence-corrected chi connectivity index (χ3v) is 6.14. The highest BCUT2D eigenvalue weighted by Crippen LogP contribution is 2.23. The maximum absolute atomic E-state index is 13.0. The summed E-state index contributed by atoms with van der Waals surface area (Å²) in [5, 5.41) is 16.0. The number of rotatable bonds is 7. The predicted molar refractivity (Wildman–Crippen MR) is 139 cm³/mol. The molecule has 0 radical (unpaired) electrons. The SMILES string of the molecule is CN=C/C=C(Nc1ccc2nsnc2c1)\C(=C\O)C(=O)Nc1ccc(N2CCN(C)CC2)cc1. The first-order chi connectivity index (χ1) is 16.6. The fourth-order valence-corrected chi connectivity index (χ4v) is 4.15. The Morgan fingerprint density at radius 2 is 1.74 bits per heavy atom. The van der Waals surface area contributed by atoms with E-state index >= 15 is 0 Å². The first-order valence-corrected chi connectivity index (χ1v) is 11.6. The molecule has 3 aromatic rings. The maximum atomic E-state index is 13.0. The number of aromatic nitrogens is 2. The van der Waals surface area contributed by atoms with Crippen molar-refractivity contribution in [2.75, 3.05) is 55.8 Å². The Balaban J connectivity index is 1.47. The summed E-state index contributed by atoms with van der Waals surface area (Å²) in [5.41, 5.74) is 4.48. The topological polar surface area (TPSA) is 106 Å². The van der Waals surface area contributed by atoms with Gasteiger partial charge in [-0.3, -0.25) is 9.79 Å². The van der Waals surface area contributed by atoms with E-state index in [-0.39, 0.29) is 5.57 Å². The third-order valence-electron chi connectivity index (χ3n) is 5.58. The Morgan fingerprint density at radius 1 is 1.03 bits per heavy atom. The molecule has 1 saturated heterocycles. The van der Waals surface area contributed by atoms with Gasteiger partial charge in [-0.05, 0) is 55.6 Å². The van der Waals surface area contributed by atoms with Crippen molar-refractivity contribution in [1.29, 1.82) is 0 Å². The molecular formula is C24H27N7O2S. The Labute approximate surface area is 202 Å². The molecule has 9 nitrogen and oxygen atoms in total. The number of likely N-dealkylation sites (N-methyl/N-ethyl adjacent to an activating group) is 1. The van der Waals surface area contributed by atoms with Crippen molar-refractivity contribution in [2.45, 2.75) is 0 Å². The Hall–Kier alpha value is -3.76. The fraction of sp³-hybridized carbons (Fsp3) is 0.250. The number of amides is 1. The molecule has 0 atom stereocenters. The zero-order valence-electron chi connectivity index (χ0n) is 19.1. The standard InChI is InChI=1S/C24H27N7O2S/c1-25-10-9-21(26-18-5-8-22-23(15-18)29-34-28-22)20(16-32)24(33)27-17-3-6-19(7-4-17)31-13-11-30(2)12-14-31/h3-10,15-16,26,32H,11-14H2,1-2H3,(H,27,33)/b20-16-,21-9+,25-10?. The molecule has 4 rings (SSSR count). The van der Waals surface area contributed by atoms with Crippen molar-refractivity contribution >= 4 is 51.9 Å². The van der Waals surface area contributed by atoms with Crippen LogP contribution in [-0.2, 0) is 4.79 Å². The van der Waals surface area contributed by atoms with Gasteiger partial charge in [0.2, 0.25) is 0 Å². The highest BCUT2D eigenvalue weighted by molar-refractivity contribution is 7.00. The van der Waals surface area contributed by atoms with Gasteiger partial charge >= 0.3 is 0 Å². The Morgan fingerprint density at radius 3 is 2.44 bits per heavy atom. The lowest BCUT2D eigenvalue weighted by Crippen LogP contribution is -2.44. The number of anilines is 3. The average Bonchev–Trinajstić information content (AvgIpc) is 3.32. The smallest absolute Gasteiger partial charge is 0.260 e. The third kappa shape index (κ3) is 5.59. The van der Waals surface area contributed by atoms with Gasteiger partial charge in [-0.15, -0.1) is 0 Å². The Kier molecular flexibility index (Phi) is 7.51. The summed E-state index contributed by atoms with van der Waals surface area (Å²) in [6.45, 7) is 4.00. The molecule has 0 aliphatic carbocycles. The number of aliphatic hydroxyl groups is 1. The number of nitrogens with zero attached hydrogens (tertiary/aromatic N) is 5. The molecule has 34 heavy (non-hydrogen) atoms. The van der Waals surface area contributed by atoms with Gasteiger partial charge in [0.15, 0.2) is 0 Å². The number of allylic oxidation sites excluding steroid dienone is 1. The van der Waals surface area contributed by atoms with Gasteiger partial charge in [0.05, 0.1) is 29.3 Å². The van der Waals surface area contributed by atoms with Crippen molar-refractivity contribution in [3.8, 4) is 0 Å². The number of aliphatic imine (C=N–C) groups is 1. The number of piperazine rings is 1. The van der Waals surface area contributed by atoms with Crippen LogP contribution in [0.25, 0.3) is 11.0 Å². The van der Waals surface area contributed by atoms with Crippen LogP contribution in [0.5, 0.6) is 0 Å². The van der Waals surface area contributed by atoms with Crippen molar-refractivity contribution in [2.24, 2.45) is 4.99 Å². The average molecular weight is 478 g/mol. The molecule has 0 bridgehead atoms. The molecule has 1 amide bonds. The van der Waals surface area contributed by atoms with Crippen LogP contribution in [0.1, 0.15) is 0 Å². The maximum Gasteiger partial charge on any atom is 0.260 e. The van der Waals surface area contributed by atoms with E-state index in [1.165, 1.54) is 0 Å². The highest BCUT2D eigenvalue weighted by atomic mass is 32.1. The molecular weight excluding hydrogens is 450 g/mol. The first-order valence-electron chi connectivity index (χ1n) is 10.9. The summed E-state index contributed by atoms with van der Waals surface area (Å²) in [5.74, 6) is -0.450. The number of nitrogens with one attached hydrogen (secondary N) is 2. The monoisotopic (exact) mass is 477 g/mol. The van der Waals surface area contributed by atoms with Crippen LogP contribution in [0.15, 0.2) is 71.1 Å². The van der Waals surface area contributed by atoms with E-state index in [0.717, 1.165) is 60.9 Å². The van der Waals surface area contributed by atoms with Crippen LogP contribution in [-0.4, -0.2) is 71.1 Å². The quantitative estimate of drug-likeness (QED) is 0.207. The minimum Gasteiger partial charge on any atom is -0.515 e. The van der Waals surface area contributed by atoms with E-state index in [0.29, 0.717) is 17.1 Å². The number of carbonyl (C=O) groups excluding carboxylic acids is 1. The second kappa shape index (κ2) is 10.9. The summed E-state index contributed by atoms with van der Waals surface area (Å²) < 4.78 is 8.45. The van der Waals surface area contributed by atoms with E-state index in [2.05, 4.69) is 41.2 Å². The van der Waals surface area contributed by atoms with Crippen LogP contribution >= 0.6 is 11.7 Å². The number of fused-ring (bicyclic) bond motifs is 1. The summed E-state index contributed by atoms with van der Waals surface area (Å²) >= 11 is 1.14. The minimum atomic E-state index is -0.450. The summed E-state index contributed by atoms with van der Waals surface area (Å²) in [4.78, 5) is 21.6. The molecule has 10 heteroatoms. The molecule has 1 fully saturated rings. The molecule has 1 aromatic heterocycles. The lowest BCUT2D eigenvalue weighted by molar-refractivity contribution is -0.112. The highest BCUT2D eigenvalue weighted by Gasteiger charge is 2.17. The Bertz CT molecular complexity index is 1230. The van der Waals surface area contributed by atoms with Crippen molar-refractivity contribution < 1.29 is 9.90 Å². The van der Waals surface area contributed by atoms with Gasteiger partial charge in [0.1, 0.15) is 11.0 Å². The number of aliphatic hydroxyl groups excluding tert-OH is 1. The predicted octanol–water partition coefficient (Wildman–Crippen LogP) is 3.52. The first kappa shape index (κ1) is 23.4. The molecule has 176 valence electrons. The van der Waals surface area contributed by atoms with E-state index in [1.54, 1.807) is 19.3 Å². The van der Waals surface area contributed by atoms with Crippen LogP contribution in [0.4, 0.5) is 17.1 Å².